The average Bonchev–Trinajstić information content (AvgIpc) is 2.64. The molecule has 0 spiro atoms. The Kier molecular flexibility index (Phi) is 4.54. The summed E-state index contributed by atoms with van der Waals surface area (Å²) in [7, 11) is 0. The van der Waals surface area contributed by atoms with E-state index in [-0.39, 0.29) is 6.04 Å². The van der Waals surface area contributed by atoms with Gasteiger partial charge in [0, 0.05) is 12.6 Å². The molecule has 0 saturated heterocycles. The number of nitrogens with one attached hydrogen (secondary N) is 1. The minimum atomic E-state index is -0.719. The Balaban J connectivity index is 2.48. The van der Waals surface area contributed by atoms with Crippen LogP contribution in [0, 0.1) is 0 Å². The van der Waals surface area contributed by atoms with Gasteiger partial charge < -0.3 is 9.84 Å². The van der Waals surface area contributed by atoms with Gasteiger partial charge in [0.2, 0.25) is 0 Å². The lowest BCUT2D eigenvalue weighted by molar-refractivity contribution is -0.145. The minimum absolute atomic E-state index is 0.0964. The van der Waals surface area contributed by atoms with Gasteiger partial charge in [0.05, 0.1) is 6.61 Å². The second-order valence-electron chi connectivity index (χ2n) is 4.30. The van der Waals surface area contributed by atoms with Crippen LogP contribution in [0.4, 0.5) is 0 Å². The molecule has 1 aliphatic carbocycles. The zero-order chi connectivity index (χ0) is 11.3. The summed E-state index contributed by atoms with van der Waals surface area (Å²) in [6, 6.07) is 0.0964. The Morgan fingerprint density at radius 1 is 1.53 bits per heavy atom. The molecule has 0 amide bonds. The van der Waals surface area contributed by atoms with Crippen LogP contribution in [0.25, 0.3) is 0 Å². The first kappa shape index (κ1) is 12.5. The molecule has 0 bridgehead atoms. The fourth-order valence-corrected chi connectivity index (χ4v) is 2.21. The smallest absolute Gasteiger partial charge is 0.323 e. The van der Waals surface area contributed by atoms with Crippen LogP contribution in [0.5, 0.6) is 0 Å². The highest BCUT2D eigenvalue weighted by atomic mass is 16.5. The number of aliphatic carboxylic acids is 1. The minimum Gasteiger partial charge on any atom is -0.480 e. The molecule has 88 valence electrons. The van der Waals surface area contributed by atoms with Crippen molar-refractivity contribution in [2.24, 2.45) is 0 Å². The Morgan fingerprint density at radius 2 is 2.13 bits per heavy atom. The predicted octanol–water partition coefficient (Wildman–Crippen LogP) is 1.40. The van der Waals surface area contributed by atoms with Gasteiger partial charge in [-0.15, -0.1) is 0 Å². The molecule has 1 atom stereocenters. The molecule has 1 rings (SSSR count). The summed E-state index contributed by atoms with van der Waals surface area (Å²) in [5.41, 5.74) is -0.698. The van der Waals surface area contributed by atoms with Gasteiger partial charge in [0.15, 0.2) is 0 Å². The van der Waals surface area contributed by atoms with E-state index in [1.165, 1.54) is 0 Å². The third-order valence-electron chi connectivity index (χ3n) is 2.96. The first-order valence-corrected chi connectivity index (χ1v) is 5.69. The zero-order valence-corrected chi connectivity index (χ0v) is 9.58. The molecule has 1 fully saturated rings. The van der Waals surface area contributed by atoms with Gasteiger partial charge in [-0.05, 0) is 26.7 Å². The maximum absolute atomic E-state index is 11.2. The zero-order valence-electron chi connectivity index (χ0n) is 9.58. The van der Waals surface area contributed by atoms with Crippen molar-refractivity contribution in [2.45, 2.75) is 51.1 Å². The molecule has 0 aromatic carbocycles. The van der Waals surface area contributed by atoms with Crippen molar-refractivity contribution in [3.63, 3.8) is 0 Å². The maximum atomic E-state index is 11.2. The Bertz CT molecular complexity index is 212. The van der Waals surface area contributed by atoms with Crippen molar-refractivity contribution in [1.29, 1.82) is 0 Å². The highest BCUT2D eigenvalue weighted by molar-refractivity contribution is 5.79. The van der Waals surface area contributed by atoms with Gasteiger partial charge >= 0.3 is 5.97 Å². The van der Waals surface area contributed by atoms with Crippen LogP contribution in [0.1, 0.15) is 39.5 Å². The summed E-state index contributed by atoms with van der Waals surface area (Å²) in [4.78, 5) is 11.2. The van der Waals surface area contributed by atoms with E-state index < -0.39 is 11.5 Å². The summed E-state index contributed by atoms with van der Waals surface area (Å²) in [6.07, 6.45) is 3.47. The van der Waals surface area contributed by atoms with Crippen LogP contribution in [0.15, 0.2) is 0 Å². The van der Waals surface area contributed by atoms with Crippen LogP contribution >= 0.6 is 0 Å². The predicted molar refractivity (Wildman–Crippen MR) is 57.9 cm³/mol. The first-order chi connectivity index (χ1) is 7.10. The summed E-state index contributed by atoms with van der Waals surface area (Å²) >= 11 is 0. The number of carbonyl (C=O) groups is 1. The van der Waals surface area contributed by atoms with Crippen molar-refractivity contribution in [2.75, 3.05) is 13.2 Å². The third-order valence-corrected chi connectivity index (χ3v) is 2.96. The van der Waals surface area contributed by atoms with E-state index in [4.69, 9.17) is 4.74 Å². The molecule has 15 heavy (non-hydrogen) atoms. The summed E-state index contributed by atoms with van der Waals surface area (Å²) in [5.74, 6) is -0.719. The van der Waals surface area contributed by atoms with E-state index in [1.807, 2.05) is 13.8 Å². The van der Waals surface area contributed by atoms with E-state index in [9.17, 15) is 9.90 Å². The highest BCUT2D eigenvalue weighted by Crippen LogP contribution is 2.30. The molecule has 1 unspecified atom stereocenters. The van der Waals surface area contributed by atoms with Gasteiger partial charge in [0.1, 0.15) is 5.54 Å². The number of hydrogen-bond acceptors (Lipinski definition) is 3. The second-order valence-corrected chi connectivity index (χ2v) is 4.30. The van der Waals surface area contributed by atoms with Crippen LogP contribution in [-0.2, 0) is 9.53 Å². The third kappa shape index (κ3) is 3.18. The van der Waals surface area contributed by atoms with Crippen molar-refractivity contribution in [1.82, 2.24) is 5.32 Å². The lowest BCUT2D eigenvalue weighted by Crippen LogP contribution is -2.54. The van der Waals surface area contributed by atoms with Crippen molar-refractivity contribution in [3.8, 4) is 0 Å². The molecule has 2 N–H and O–H groups in total. The van der Waals surface area contributed by atoms with Crippen LogP contribution in [0.2, 0.25) is 0 Å². The number of ether oxygens (including phenoxy) is 1. The molecule has 4 nitrogen and oxygen atoms in total. The second kappa shape index (κ2) is 5.47. The fraction of sp³-hybridized carbons (Fsp3) is 0.909. The molecule has 0 heterocycles. The molecule has 0 aromatic rings. The molecule has 0 aromatic heterocycles. The number of carboxylic acids is 1. The Hall–Kier alpha value is -0.610. The number of hydrogen-bond donors (Lipinski definition) is 2. The monoisotopic (exact) mass is 215 g/mol. The summed E-state index contributed by atoms with van der Waals surface area (Å²) in [6.45, 7) is 5.16. The fourth-order valence-electron chi connectivity index (χ4n) is 2.21. The molecule has 1 aliphatic rings. The lowest BCUT2D eigenvalue weighted by atomic mass is 9.97. The van der Waals surface area contributed by atoms with Gasteiger partial charge in [-0.25, -0.2) is 0 Å². The topological polar surface area (TPSA) is 58.6 Å². The van der Waals surface area contributed by atoms with Gasteiger partial charge in [-0.1, -0.05) is 12.8 Å². The first-order valence-electron chi connectivity index (χ1n) is 5.69. The van der Waals surface area contributed by atoms with Crippen LogP contribution in [0.3, 0.4) is 0 Å². The van der Waals surface area contributed by atoms with Gasteiger partial charge in [-0.3, -0.25) is 10.1 Å². The normalized spacial score (nSPS) is 21.5. The molecule has 4 heteroatoms. The highest BCUT2D eigenvalue weighted by Gasteiger charge is 2.41. The number of rotatable bonds is 6. The molecule has 0 aliphatic heterocycles. The molecule has 1 saturated carbocycles. The van der Waals surface area contributed by atoms with Crippen molar-refractivity contribution in [3.05, 3.63) is 0 Å². The Labute approximate surface area is 91.0 Å². The number of carboxylic acid groups (broad SMARTS) is 1. The quantitative estimate of drug-likeness (QED) is 0.703. The maximum Gasteiger partial charge on any atom is 0.323 e. The van der Waals surface area contributed by atoms with E-state index in [1.54, 1.807) is 0 Å². The van der Waals surface area contributed by atoms with E-state index in [0.717, 1.165) is 25.7 Å². The molecule has 0 radical (unpaired) electrons. The van der Waals surface area contributed by atoms with Crippen molar-refractivity contribution < 1.29 is 14.6 Å². The SMILES string of the molecule is CCOCC(C)NC1(C(=O)O)CCCC1. The van der Waals surface area contributed by atoms with E-state index in [2.05, 4.69) is 5.32 Å². The summed E-state index contributed by atoms with van der Waals surface area (Å²) in [5, 5.41) is 12.4. The van der Waals surface area contributed by atoms with Gasteiger partial charge in [-0.2, -0.15) is 0 Å². The van der Waals surface area contributed by atoms with Crippen molar-refractivity contribution >= 4 is 5.97 Å². The van der Waals surface area contributed by atoms with E-state index in [0.29, 0.717) is 13.2 Å². The Morgan fingerprint density at radius 3 is 2.60 bits per heavy atom. The van der Waals surface area contributed by atoms with E-state index >= 15 is 0 Å². The summed E-state index contributed by atoms with van der Waals surface area (Å²) < 4.78 is 5.27. The van der Waals surface area contributed by atoms with Crippen LogP contribution < -0.4 is 5.32 Å². The standard InChI is InChI=1S/C11H21NO3/c1-3-15-8-9(2)12-11(10(13)14)6-4-5-7-11/h9,12H,3-8H2,1-2H3,(H,13,14). The largest absolute Gasteiger partial charge is 0.480 e. The van der Waals surface area contributed by atoms with Gasteiger partial charge in [0.25, 0.3) is 0 Å². The lowest BCUT2D eigenvalue weighted by Gasteiger charge is -2.29. The van der Waals surface area contributed by atoms with Crippen LogP contribution in [-0.4, -0.2) is 35.9 Å². The molecular weight excluding hydrogens is 194 g/mol. The average molecular weight is 215 g/mol. The molecular formula is C11H21NO3.